The van der Waals surface area contributed by atoms with E-state index >= 15 is 0 Å². The zero-order valence-corrected chi connectivity index (χ0v) is 17.5. The van der Waals surface area contributed by atoms with Gasteiger partial charge in [0.15, 0.2) is 0 Å². The van der Waals surface area contributed by atoms with Gasteiger partial charge in [0.25, 0.3) is 11.8 Å². The molecule has 3 aromatic rings. The van der Waals surface area contributed by atoms with Crippen molar-refractivity contribution in [3.63, 3.8) is 0 Å². The Bertz CT molecular complexity index is 1080. The fraction of sp³-hybridized carbons (Fsp3) is 0.167. The van der Waals surface area contributed by atoms with Crippen LogP contribution in [0, 0.1) is 0 Å². The Balaban J connectivity index is 1.61. The molecule has 6 nitrogen and oxygen atoms in total. The van der Waals surface area contributed by atoms with E-state index in [0.717, 1.165) is 5.56 Å². The molecule has 1 aliphatic rings. The predicted octanol–water partition coefficient (Wildman–Crippen LogP) is 4.23. The van der Waals surface area contributed by atoms with Crippen molar-refractivity contribution in [2.45, 2.75) is 0 Å². The second-order valence-corrected chi connectivity index (χ2v) is 7.43. The van der Waals surface area contributed by atoms with Gasteiger partial charge in [-0.2, -0.15) is 0 Å². The van der Waals surface area contributed by atoms with E-state index in [4.69, 9.17) is 20.8 Å². The molecule has 31 heavy (non-hydrogen) atoms. The Kier molecular flexibility index (Phi) is 6.50. The molecule has 1 N–H and O–H groups in total. The standard InChI is InChI=1S/C24H21ClN2O4/c25-19-8-6-17(7-9-19)22-11-10-20(31-22)16-21(24(29)27-12-14-30-15-13-27)26-23(28)18-4-2-1-3-5-18/h1-11,16H,12-15H2,(H,26,28). The second-order valence-electron chi connectivity index (χ2n) is 6.99. The van der Waals surface area contributed by atoms with E-state index in [1.54, 1.807) is 53.4 Å². The first-order valence-corrected chi connectivity index (χ1v) is 10.3. The Labute approximate surface area is 185 Å². The smallest absolute Gasteiger partial charge is 0.270 e. The van der Waals surface area contributed by atoms with Crippen LogP contribution in [0.4, 0.5) is 0 Å². The summed E-state index contributed by atoms with van der Waals surface area (Å²) in [5, 5.41) is 3.38. The number of carbonyl (C=O) groups is 2. The van der Waals surface area contributed by atoms with Crippen molar-refractivity contribution >= 4 is 29.5 Å². The van der Waals surface area contributed by atoms with E-state index in [9.17, 15) is 9.59 Å². The second kappa shape index (κ2) is 9.64. The minimum Gasteiger partial charge on any atom is -0.457 e. The largest absolute Gasteiger partial charge is 0.457 e. The molecule has 2 aromatic carbocycles. The Hall–Kier alpha value is -3.35. The molecular weight excluding hydrogens is 416 g/mol. The number of hydrogen-bond donors (Lipinski definition) is 1. The fourth-order valence-corrected chi connectivity index (χ4v) is 3.34. The molecule has 1 saturated heterocycles. The van der Waals surface area contributed by atoms with Crippen LogP contribution >= 0.6 is 11.6 Å². The van der Waals surface area contributed by atoms with Crippen molar-refractivity contribution in [3.8, 4) is 11.3 Å². The van der Waals surface area contributed by atoms with Gasteiger partial charge < -0.3 is 19.4 Å². The molecule has 0 spiro atoms. The number of ether oxygens (including phenoxy) is 1. The maximum Gasteiger partial charge on any atom is 0.270 e. The third-order valence-electron chi connectivity index (χ3n) is 4.86. The number of furan rings is 1. The zero-order valence-electron chi connectivity index (χ0n) is 16.7. The van der Waals surface area contributed by atoms with Crippen LogP contribution in [0.3, 0.4) is 0 Å². The summed E-state index contributed by atoms with van der Waals surface area (Å²) in [6.07, 6.45) is 1.55. The number of amides is 2. The molecule has 4 rings (SSSR count). The topological polar surface area (TPSA) is 71.8 Å². The fourth-order valence-electron chi connectivity index (χ4n) is 3.21. The molecule has 0 bridgehead atoms. The number of nitrogens with zero attached hydrogens (tertiary/aromatic N) is 1. The number of hydrogen-bond acceptors (Lipinski definition) is 4. The maximum atomic E-state index is 13.1. The summed E-state index contributed by atoms with van der Waals surface area (Å²) in [4.78, 5) is 27.5. The first-order chi connectivity index (χ1) is 15.1. The highest BCUT2D eigenvalue weighted by atomic mass is 35.5. The van der Waals surface area contributed by atoms with Gasteiger partial charge in [0.1, 0.15) is 17.2 Å². The van der Waals surface area contributed by atoms with Gasteiger partial charge in [-0.25, -0.2) is 0 Å². The van der Waals surface area contributed by atoms with E-state index in [1.807, 2.05) is 24.3 Å². The van der Waals surface area contributed by atoms with Crippen molar-refractivity contribution in [1.82, 2.24) is 10.2 Å². The molecule has 0 saturated carbocycles. The van der Waals surface area contributed by atoms with Crippen molar-refractivity contribution in [1.29, 1.82) is 0 Å². The summed E-state index contributed by atoms with van der Waals surface area (Å²) in [5.41, 5.74) is 1.47. The van der Waals surface area contributed by atoms with Crippen LogP contribution in [0.15, 0.2) is 76.8 Å². The third-order valence-corrected chi connectivity index (χ3v) is 5.11. The molecule has 0 aliphatic carbocycles. The molecule has 1 aromatic heterocycles. The molecular formula is C24H21ClN2O4. The van der Waals surface area contributed by atoms with Crippen molar-refractivity contribution in [2.75, 3.05) is 26.3 Å². The molecule has 158 valence electrons. The maximum absolute atomic E-state index is 13.1. The van der Waals surface area contributed by atoms with Gasteiger partial charge >= 0.3 is 0 Å². The van der Waals surface area contributed by atoms with Crippen molar-refractivity contribution in [2.24, 2.45) is 0 Å². The highest BCUT2D eigenvalue weighted by Crippen LogP contribution is 2.25. The Morgan fingerprint density at radius 1 is 0.935 bits per heavy atom. The lowest BCUT2D eigenvalue weighted by Gasteiger charge is -2.27. The zero-order chi connectivity index (χ0) is 21.6. The van der Waals surface area contributed by atoms with Crippen molar-refractivity contribution in [3.05, 3.63) is 88.8 Å². The van der Waals surface area contributed by atoms with Gasteiger partial charge in [-0.15, -0.1) is 0 Å². The van der Waals surface area contributed by atoms with Crippen molar-refractivity contribution < 1.29 is 18.7 Å². The van der Waals surface area contributed by atoms with Gasteiger partial charge in [0.2, 0.25) is 0 Å². The van der Waals surface area contributed by atoms with E-state index in [1.165, 1.54) is 0 Å². The van der Waals surface area contributed by atoms with Crippen LogP contribution in [-0.4, -0.2) is 43.0 Å². The predicted molar refractivity (Wildman–Crippen MR) is 118 cm³/mol. The summed E-state index contributed by atoms with van der Waals surface area (Å²) in [6.45, 7) is 1.86. The summed E-state index contributed by atoms with van der Waals surface area (Å²) in [7, 11) is 0. The van der Waals surface area contributed by atoms with E-state index in [-0.39, 0.29) is 17.5 Å². The molecule has 0 radical (unpaired) electrons. The molecule has 1 fully saturated rings. The lowest BCUT2D eigenvalue weighted by atomic mass is 10.2. The number of nitrogens with one attached hydrogen (secondary N) is 1. The highest BCUT2D eigenvalue weighted by Gasteiger charge is 2.23. The number of halogens is 1. The average molecular weight is 437 g/mol. The normalized spacial score (nSPS) is 14.4. The summed E-state index contributed by atoms with van der Waals surface area (Å²) >= 11 is 5.95. The van der Waals surface area contributed by atoms with Gasteiger partial charge in [0.05, 0.1) is 13.2 Å². The molecule has 2 heterocycles. The van der Waals surface area contributed by atoms with E-state index < -0.39 is 0 Å². The number of benzene rings is 2. The van der Waals surface area contributed by atoms with Gasteiger partial charge in [-0.1, -0.05) is 29.8 Å². The third kappa shape index (κ3) is 5.23. The van der Waals surface area contributed by atoms with E-state index in [2.05, 4.69) is 5.32 Å². The number of morpholine rings is 1. The van der Waals surface area contributed by atoms with Gasteiger partial charge in [0, 0.05) is 35.3 Å². The first-order valence-electron chi connectivity index (χ1n) is 9.91. The monoisotopic (exact) mass is 436 g/mol. The Morgan fingerprint density at radius 2 is 1.65 bits per heavy atom. The first kappa shape index (κ1) is 20.9. The lowest BCUT2D eigenvalue weighted by molar-refractivity contribution is -0.131. The minimum atomic E-state index is -0.363. The lowest BCUT2D eigenvalue weighted by Crippen LogP contribution is -2.44. The van der Waals surface area contributed by atoms with Crippen LogP contribution in [-0.2, 0) is 9.53 Å². The van der Waals surface area contributed by atoms with Crippen LogP contribution in [0.25, 0.3) is 17.4 Å². The van der Waals surface area contributed by atoms with Gasteiger partial charge in [-0.05, 0) is 48.5 Å². The van der Waals surface area contributed by atoms with Crippen LogP contribution in [0.5, 0.6) is 0 Å². The SMILES string of the molecule is O=C(NC(=Cc1ccc(-c2ccc(Cl)cc2)o1)C(=O)N1CCOCC1)c1ccccc1. The quantitative estimate of drug-likeness (QED) is 0.607. The molecule has 1 aliphatic heterocycles. The van der Waals surface area contributed by atoms with E-state index in [0.29, 0.717) is 48.4 Å². The number of carbonyl (C=O) groups excluding carboxylic acids is 2. The summed E-state index contributed by atoms with van der Waals surface area (Å²) in [6, 6.07) is 19.6. The molecule has 7 heteroatoms. The Morgan fingerprint density at radius 3 is 2.35 bits per heavy atom. The summed E-state index contributed by atoms with van der Waals surface area (Å²) < 4.78 is 11.2. The molecule has 0 atom stereocenters. The molecule has 2 amide bonds. The minimum absolute atomic E-state index is 0.146. The van der Waals surface area contributed by atoms with Gasteiger partial charge in [-0.3, -0.25) is 9.59 Å². The van der Waals surface area contributed by atoms with Crippen LogP contribution < -0.4 is 5.32 Å². The summed E-state index contributed by atoms with van der Waals surface area (Å²) in [5.74, 6) is 0.445. The highest BCUT2D eigenvalue weighted by molar-refractivity contribution is 6.30. The number of rotatable bonds is 5. The van der Waals surface area contributed by atoms with Crippen LogP contribution in [0.2, 0.25) is 5.02 Å². The van der Waals surface area contributed by atoms with Crippen LogP contribution in [0.1, 0.15) is 16.1 Å². The average Bonchev–Trinajstić information content (AvgIpc) is 3.28. The molecule has 0 unspecified atom stereocenters.